The fourth-order valence-corrected chi connectivity index (χ4v) is 6.22. The van der Waals surface area contributed by atoms with Crippen LogP contribution in [0.25, 0.3) is 10.2 Å². The lowest BCUT2D eigenvalue weighted by molar-refractivity contribution is -0.115. The van der Waals surface area contributed by atoms with E-state index >= 15 is 0 Å². The molecule has 0 bridgehead atoms. The van der Waals surface area contributed by atoms with E-state index in [0.717, 1.165) is 21.6 Å². The fourth-order valence-electron chi connectivity index (χ4n) is 4.05. The Kier molecular flexibility index (Phi) is 7.21. The molecule has 1 amide bonds. The molecule has 0 aliphatic rings. The largest absolute Gasteiger partial charge is 0.325 e. The highest BCUT2D eigenvalue weighted by atomic mass is 32.2. The molecule has 8 heteroatoms. The zero-order valence-corrected chi connectivity index (χ0v) is 21.9. The van der Waals surface area contributed by atoms with Gasteiger partial charge in [0.2, 0.25) is 5.91 Å². The highest BCUT2D eigenvalue weighted by Gasteiger charge is 2.26. The van der Waals surface area contributed by atoms with Gasteiger partial charge in [-0.25, -0.2) is 9.37 Å². The molecule has 1 N–H and O–H groups in total. The summed E-state index contributed by atoms with van der Waals surface area (Å²) in [7, 11) is 0. The van der Waals surface area contributed by atoms with Crippen LogP contribution in [-0.2, 0) is 11.3 Å². The summed E-state index contributed by atoms with van der Waals surface area (Å²) in [5.41, 5.74) is 3.03. The number of aromatic nitrogens is 2. The summed E-state index contributed by atoms with van der Waals surface area (Å²) < 4.78 is 15.1. The Morgan fingerprint density at radius 1 is 1.00 bits per heavy atom. The van der Waals surface area contributed by atoms with Crippen molar-refractivity contribution < 1.29 is 9.18 Å². The minimum absolute atomic E-state index is 0.121. The summed E-state index contributed by atoms with van der Waals surface area (Å²) in [6.07, 6.45) is 0. The van der Waals surface area contributed by atoms with Gasteiger partial charge in [-0.15, -0.1) is 11.3 Å². The van der Waals surface area contributed by atoms with Gasteiger partial charge in [-0.05, 0) is 54.8 Å². The first kappa shape index (κ1) is 24.9. The molecule has 0 saturated heterocycles. The number of nitrogens with one attached hydrogen (secondary N) is 1. The van der Waals surface area contributed by atoms with Gasteiger partial charge in [0.05, 0.1) is 11.9 Å². The molecule has 2 heterocycles. The first-order chi connectivity index (χ1) is 17.9. The maximum absolute atomic E-state index is 13.8. The molecule has 1 atom stereocenters. The quantitative estimate of drug-likeness (QED) is 0.187. The van der Waals surface area contributed by atoms with Crippen LogP contribution in [0, 0.1) is 19.7 Å². The maximum Gasteiger partial charge on any atom is 0.263 e. The molecule has 3 aromatic carbocycles. The summed E-state index contributed by atoms with van der Waals surface area (Å²) in [4.78, 5) is 33.9. The summed E-state index contributed by atoms with van der Waals surface area (Å²) >= 11 is 2.72. The van der Waals surface area contributed by atoms with Crippen molar-refractivity contribution in [1.29, 1.82) is 0 Å². The number of rotatable bonds is 7. The Hall–Kier alpha value is -3.75. The summed E-state index contributed by atoms with van der Waals surface area (Å²) in [5.74, 6) is -0.669. The van der Waals surface area contributed by atoms with E-state index in [2.05, 4.69) is 5.32 Å². The van der Waals surface area contributed by atoms with Crippen LogP contribution in [-0.4, -0.2) is 15.5 Å². The van der Waals surface area contributed by atoms with Crippen LogP contribution in [0.4, 0.5) is 10.1 Å². The molecule has 0 aliphatic heterocycles. The summed E-state index contributed by atoms with van der Waals surface area (Å²) in [6, 6.07) is 24.7. The number of thiophene rings is 1. The molecular formula is C29H24FN3O2S2. The molecule has 0 spiro atoms. The molecule has 0 fully saturated rings. The number of fused-ring (bicyclic) bond motifs is 1. The monoisotopic (exact) mass is 529 g/mol. The number of halogens is 1. The van der Waals surface area contributed by atoms with E-state index in [-0.39, 0.29) is 17.3 Å². The van der Waals surface area contributed by atoms with Crippen LogP contribution in [0.15, 0.2) is 94.9 Å². The van der Waals surface area contributed by atoms with Gasteiger partial charge in [-0.2, -0.15) is 0 Å². The molecule has 0 aliphatic carbocycles. The average Bonchev–Trinajstić information content (AvgIpc) is 3.20. The highest BCUT2D eigenvalue weighted by molar-refractivity contribution is 8.00. The smallest absolute Gasteiger partial charge is 0.263 e. The molecular weight excluding hydrogens is 505 g/mol. The van der Waals surface area contributed by atoms with Gasteiger partial charge in [0.1, 0.15) is 15.9 Å². The number of aryl methyl sites for hydroxylation is 2. The van der Waals surface area contributed by atoms with Gasteiger partial charge >= 0.3 is 0 Å². The average molecular weight is 530 g/mol. The third kappa shape index (κ3) is 5.35. The molecule has 37 heavy (non-hydrogen) atoms. The number of benzene rings is 3. The molecule has 0 saturated carbocycles. The molecule has 5 nitrogen and oxygen atoms in total. The van der Waals surface area contributed by atoms with Crippen molar-refractivity contribution in [2.75, 3.05) is 5.32 Å². The van der Waals surface area contributed by atoms with Gasteiger partial charge < -0.3 is 5.32 Å². The Morgan fingerprint density at radius 2 is 1.65 bits per heavy atom. The van der Waals surface area contributed by atoms with Crippen LogP contribution in [0.2, 0.25) is 0 Å². The number of amides is 1. The van der Waals surface area contributed by atoms with Gasteiger partial charge in [-0.3, -0.25) is 14.2 Å². The van der Waals surface area contributed by atoms with E-state index in [4.69, 9.17) is 4.98 Å². The molecule has 0 unspecified atom stereocenters. The molecule has 2 aromatic heterocycles. The normalized spacial score (nSPS) is 12.0. The van der Waals surface area contributed by atoms with Crippen LogP contribution in [0.1, 0.15) is 26.8 Å². The molecule has 5 rings (SSSR count). The number of anilines is 1. The Labute approximate surface area is 222 Å². The van der Waals surface area contributed by atoms with Crippen molar-refractivity contribution in [1.82, 2.24) is 9.55 Å². The third-order valence-corrected chi connectivity index (χ3v) is 8.46. The molecule has 5 aromatic rings. The first-order valence-electron chi connectivity index (χ1n) is 11.7. The van der Waals surface area contributed by atoms with Crippen molar-refractivity contribution in [3.8, 4) is 0 Å². The lowest BCUT2D eigenvalue weighted by Crippen LogP contribution is -2.26. The fraction of sp³-hybridized carbons (Fsp3) is 0.138. The lowest BCUT2D eigenvalue weighted by Gasteiger charge is -2.19. The maximum atomic E-state index is 13.8. The summed E-state index contributed by atoms with van der Waals surface area (Å²) in [5, 5.41) is 3.27. The van der Waals surface area contributed by atoms with Gasteiger partial charge in [0, 0.05) is 10.6 Å². The zero-order valence-electron chi connectivity index (χ0n) is 20.3. The first-order valence-corrected chi connectivity index (χ1v) is 13.4. The number of thioether (sulfide) groups is 1. The zero-order chi connectivity index (χ0) is 25.9. The van der Waals surface area contributed by atoms with E-state index in [1.54, 1.807) is 4.57 Å². The number of carbonyl (C=O) groups excluding carboxylic acids is 1. The standard InChI is InChI=1S/C29H24FN3O2S2/c1-18-19(2)36-27-24(18)28(35)33(17-20-9-5-3-6-10-20)29(32-27)37-25(21-11-7-4-8-12-21)26(34)31-23-15-13-22(30)14-16-23/h3-16,25H,17H2,1-2H3,(H,31,34)/t25-/m0/s1. The van der Waals surface area contributed by atoms with Gasteiger partial charge in [-0.1, -0.05) is 72.4 Å². The second-order valence-corrected chi connectivity index (χ2v) is 10.9. The minimum Gasteiger partial charge on any atom is -0.325 e. The van der Waals surface area contributed by atoms with Crippen LogP contribution < -0.4 is 10.9 Å². The number of hydrogen-bond donors (Lipinski definition) is 1. The molecule has 0 radical (unpaired) electrons. The second kappa shape index (κ2) is 10.7. The summed E-state index contributed by atoms with van der Waals surface area (Å²) in [6.45, 7) is 4.26. The van der Waals surface area contributed by atoms with Crippen molar-refractivity contribution in [3.63, 3.8) is 0 Å². The minimum atomic E-state index is -0.695. The van der Waals surface area contributed by atoms with Gasteiger partial charge in [0.25, 0.3) is 5.56 Å². The van der Waals surface area contributed by atoms with Gasteiger partial charge in [0.15, 0.2) is 5.16 Å². The predicted molar refractivity (Wildman–Crippen MR) is 149 cm³/mol. The van der Waals surface area contributed by atoms with E-state index in [1.807, 2.05) is 74.5 Å². The van der Waals surface area contributed by atoms with E-state index < -0.39 is 5.25 Å². The van der Waals surface area contributed by atoms with Crippen LogP contribution in [0.5, 0.6) is 0 Å². The topological polar surface area (TPSA) is 64.0 Å². The lowest BCUT2D eigenvalue weighted by atomic mass is 10.1. The Balaban J connectivity index is 1.60. The van der Waals surface area contributed by atoms with E-state index in [1.165, 1.54) is 47.4 Å². The SMILES string of the molecule is Cc1sc2nc(S[C@H](C(=O)Nc3ccc(F)cc3)c3ccccc3)n(Cc3ccccc3)c(=O)c2c1C. The number of carbonyl (C=O) groups is 1. The highest BCUT2D eigenvalue weighted by Crippen LogP contribution is 2.37. The van der Waals surface area contributed by atoms with Crippen molar-refractivity contribution in [2.24, 2.45) is 0 Å². The Bertz CT molecular complexity index is 1620. The third-order valence-electron chi connectivity index (χ3n) is 6.11. The van der Waals surface area contributed by atoms with Crippen LogP contribution in [0.3, 0.4) is 0 Å². The van der Waals surface area contributed by atoms with E-state index in [9.17, 15) is 14.0 Å². The molecule has 186 valence electrons. The van der Waals surface area contributed by atoms with Crippen molar-refractivity contribution in [2.45, 2.75) is 30.8 Å². The van der Waals surface area contributed by atoms with E-state index in [0.29, 0.717) is 27.6 Å². The number of nitrogens with zero attached hydrogens (tertiary/aromatic N) is 2. The van der Waals surface area contributed by atoms with Crippen molar-refractivity contribution in [3.05, 3.63) is 123 Å². The predicted octanol–water partition coefficient (Wildman–Crippen LogP) is 6.73. The van der Waals surface area contributed by atoms with Crippen molar-refractivity contribution >= 4 is 44.9 Å². The van der Waals surface area contributed by atoms with Crippen LogP contribution >= 0.6 is 23.1 Å². The number of hydrogen-bond acceptors (Lipinski definition) is 5. The Morgan fingerprint density at radius 3 is 2.32 bits per heavy atom. The second-order valence-electron chi connectivity index (χ2n) is 8.64.